The first kappa shape index (κ1) is 23.8. The molecule has 5 rings (SSSR count). The Labute approximate surface area is 196 Å². The number of fused-ring (bicyclic) bond motifs is 3. The van der Waals surface area contributed by atoms with Gasteiger partial charge in [-0.05, 0) is 60.5 Å². The summed E-state index contributed by atoms with van der Waals surface area (Å²) >= 11 is 0. The molecule has 0 saturated carbocycles. The zero-order valence-corrected chi connectivity index (χ0v) is 19.5. The second kappa shape index (κ2) is 9.50. The summed E-state index contributed by atoms with van der Waals surface area (Å²) in [5, 5.41) is 1.18. The van der Waals surface area contributed by atoms with Gasteiger partial charge in [0.1, 0.15) is 0 Å². The number of likely N-dealkylation sites (N-methyl/N-ethyl adjacent to an activating group) is 1. The number of halogens is 3. The minimum absolute atomic E-state index is 0.243. The number of rotatable bonds is 2. The highest BCUT2D eigenvalue weighted by Crippen LogP contribution is 2.31. The topological polar surface area (TPSA) is 41.0 Å². The molecule has 0 atom stereocenters. The first-order valence-electron chi connectivity index (χ1n) is 11.4. The van der Waals surface area contributed by atoms with Crippen LogP contribution in [0, 0.1) is 0 Å². The Hall–Kier alpha value is -3.32. The highest BCUT2D eigenvalue weighted by Gasteiger charge is 2.30. The van der Waals surface area contributed by atoms with Crippen LogP contribution in [0.1, 0.15) is 37.1 Å². The molecule has 0 saturated heterocycles. The first-order chi connectivity index (χ1) is 16.2. The van der Waals surface area contributed by atoms with Crippen molar-refractivity contribution < 1.29 is 13.2 Å². The molecule has 1 aliphatic heterocycles. The summed E-state index contributed by atoms with van der Waals surface area (Å²) in [5.41, 5.74) is 4.48. The molecule has 2 aromatic heterocycles. The van der Waals surface area contributed by atoms with Crippen molar-refractivity contribution in [2.24, 2.45) is 0 Å². The van der Waals surface area contributed by atoms with Crippen molar-refractivity contribution in [1.29, 1.82) is 0 Å². The molecule has 0 fully saturated rings. The Balaban J connectivity index is 0.000000868. The van der Waals surface area contributed by atoms with Crippen LogP contribution in [0.25, 0.3) is 27.7 Å². The Morgan fingerprint density at radius 2 is 1.68 bits per heavy atom. The van der Waals surface area contributed by atoms with Gasteiger partial charge in [0.25, 0.3) is 5.56 Å². The zero-order valence-electron chi connectivity index (χ0n) is 19.5. The van der Waals surface area contributed by atoms with Crippen LogP contribution in [0.4, 0.5) is 13.2 Å². The lowest BCUT2D eigenvalue weighted by Gasteiger charge is -2.22. The van der Waals surface area contributed by atoms with Crippen LogP contribution in [0.3, 0.4) is 0 Å². The van der Waals surface area contributed by atoms with Crippen LogP contribution in [-0.2, 0) is 19.1 Å². The predicted molar refractivity (Wildman–Crippen MR) is 130 cm³/mol. The molecule has 0 radical (unpaired) electrons. The molecule has 178 valence electrons. The largest absolute Gasteiger partial charge is 0.416 e. The van der Waals surface area contributed by atoms with Gasteiger partial charge in [0, 0.05) is 41.9 Å². The van der Waals surface area contributed by atoms with E-state index in [1.54, 1.807) is 16.8 Å². The minimum Gasteiger partial charge on any atom is -0.357 e. The van der Waals surface area contributed by atoms with Gasteiger partial charge in [0.2, 0.25) is 0 Å². The molecule has 2 aromatic carbocycles. The summed E-state index contributed by atoms with van der Waals surface area (Å²) in [7, 11) is 2.09. The number of nitrogens with one attached hydrogen (secondary N) is 1. The van der Waals surface area contributed by atoms with E-state index in [1.807, 2.05) is 18.2 Å². The van der Waals surface area contributed by atoms with Gasteiger partial charge >= 0.3 is 6.18 Å². The van der Waals surface area contributed by atoms with Gasteiger partial charge in [-0.25, -0.2) is 0 Å². The normalized spacial score (nSPS) is 13.9. The summed E-state index contributed by atoms with van der Waals surface area (Å²) < 4.78 is 39.9. The molecule has 4 nitrogen and oxygen atoms in total. The molecule has 0 spiro atoms. The maximum atomic E-state index is 12.8. The molecule has 0 aliphatic carbocycles. The number of hydrogen-bond acceptors (Lipinski definition) is 2. The SMILES string of the molecule is CCC.CN1CCc2c([nH]c3cc(-n4ccc(-c5ccc(C(F)(F)F)cc5)cc4=O)ccc23)C1. The molecule has 3 heterocycles. The lowest BCUT2D eigenvalue weighted by atomic mass is 10.0. The third-order valence-corrected chi connectivity index (χ3v) is 5.89. The molecule has 1 aliphatic rings. The zero-order chi connectivity index (χ0) is 24.5. The average molecular weight is 468 g/mol. The molecular weight excluding hydrogens is 439 g/mol. The number of H-pyrrole nitrogens is 1. The number of aromatic nitrogens is 2. The van der Waals surface area contributed by atoms with Gasteiger partial charge in [0.05, 0.1) is 11.3 Å². The first-order valence-corrected chi connectivity index (χ1v) is 11.4. The van der Waals surface area contributed by atoms with Crippen molar-refractivity contribution in [3.8, 4) is 16.8 Å². The van der Waals surface area contributed by atoms with Crippen molar-refractivity contribution in [3.05, 3.63) is 88.0 Å². The molecule has 7 heteroatoms. The van der Waals surface area contributed by atoms with E-state index in [4.69, 9.17) is 0 Å². The van der Waals surface area contributed by atoms with Gasteiger partial charge in [0.15, 0.2) is 0 Å². The second-order valence-electron chi connectivity index (χ2n) is 8.71. The van der Waals surface area contributed by atoms with E-state index in [9.17, 15) is 18.0 Å². The summed E-state index contributed by atoms with van der Waals surface area (Å²) in [4.78, 5) is 18.5. The number of nitrogens with zero attached hydrogens (tertiary/aromatic N) is 2. The Morgan fingerprint density at radius 3 is 2.32 bits per heavy atom. The summed E-state index contributed by atoms with van der Waals surface area (Å²) in [6, 6.07) is 13.9. The summed E-state index contributed by atoms with van der Waals surface area (Å²) in [6.07, 6.45) is -0.479. The predicted octanol–water partition coefficient (Wildman–Crippen LogP) is 6.41. The number of hydrogen-bond donors (Lipinski definition) is 1. The van der Waals surface area contributed by atoms with E-state index in [-0.39, 0.29) is 5.56 Å². The fraction of sp³-hybridized carbons (Fsp3) is 0.296. The quantitative estimate of drug-likeness (QED) is 0.370. The Bertz CT molecular complexity index is 1350. The molecule has 0 unspecified atom stereocenters. The average Bonchev–Trinajstić information content (AvgIpc) is 3.15. The third kappa shape index (κ3) is 4.80. The van der Waals surface area contributed by atoms with Gasteiger partial charge in [-0.15, -0.1) is 0 Å². The smallest absolute Gasteiger partial charge is 0.357 e. The Morgan fingerprint density at radius 1 is 0.971 bits per heavy atom. The minimum atomic E-state index is -4.38. The maximum absolute atomic E-state index is 12.8. The van der Waals surface area contributed by atoms with Crippen molar-refractivity contribution in [2.75, 3.05) is 13.6 Å². The van der Waals surface area contributed by atoms with Crippen molar-refractivity contribution in [2.45, 2.75) is 39.4 Å². The fourth-order valence-electron chi connectivity index (χ4n) is 4.24. The monoisotopic (exact) mass is 467 g/mol. The standard InChI is InChI=1S/C24H20F3N3O.C3H8/c1-29-10-9-20-19-7-6-18(13-21(19)28-22(20)14-29)30-11-8-16(12-23(30)31)15-2-4-17(5-3-15)24(25,26)27;1-3-2/h2-8,11-13,28H,9-10,14H2,1H3;3H2,1-2H3. The summed E-state index contributed by atoms with van der Waals surface area (Å²) in [6.45, 7) is 6.15. The van der Waals surface area contributed by atoms with Gasteiger partial charge < -0.3 is 9.88 Å². The third-order valence-electron chi connectivity index (χ3n) is 5.89. The van der Waals surface area contributed by atoms with Crippen molar-refractivity contribution in [1.82, 2.24) is 14.5 Å². The van der Waals surface area contributed by atoms with E-state index in [0.29, 0.717) is 11.1 Å². The van der Waals surface area contributed by atoms with Crippen LogP contribution in [-0.4, -0.2) is 28.0 Å². The van der Waals surface area contributed by atoms with Crippen LogP contribution in [0.5, 0.6) is 0 Å². The van der Waals surface area contributed by atoms with Crippen LogP contribution in [0.2, 0.25) is 0 Å². The van der Waals surface area contributed by atoms with Gasteiger partial charge in [-0.1, -0.05) is 38.5 Å². The lowest BCUT2D eigenvalue weighted by Crippen LogP contribution is -2.26. The van der Waals surface area contributed by atoms with Crippen LogP contribution < -0.4 is 5.56 Å². The highest BCUT2D eigenvalue weighted by molar-refractivity contribution is 5.86. The van der Waals surface area contributed by atoms with Crippen molar-refractivity contribution in [3.63, 3.8) is 0 Å². The lowest BCUT2D eigenvalue weighted by molar-refractivity contribution is -0.137. The van der Waals surface area contributed by atoms with Crippen LogP contribution in [0.15, 0.2) is 65.6 Å². The molecule has 4 aromatic rings. The fourth-order valence-corrected chi connectivity index (χ4v) is 4.24. The number of benzene rings is 2. The number of alkyl halides is 3. The van der Waals surface area contributed by atoms with E-state index in [0.717, 1.165) is 42.8 Å². The number of aromatic amines is 1. The Kier molecular flexibility index (Phi) is 6.66. The second-order valence-corrected chi connectivity index (χ2v) is 8.71. The molecular formula is C27H28F3N3O. The van der Waals surface area contributed by atoms with Gasteiger partial charge in [-0.3, -0.25) is 9.36 Å². The molecule has 0 bridgehead atoms. The van der Waals surface area contributed by atoms with E-state index in [2.05, 4.69) is 30.8 Å². The number of pyridine rings is 1. The molecule has 34 heavy (non-hydrogen) atoms. The maximum Gasteiger partial charge on any atom is 0.416 e. The molecule has 0 amide bonds. The van der Waals surface area contributed by atoms with E-state index < -0.39 is 11.7 Å². The van der Waals surface area contributed by atoms with E-state index in [1.165, 1.54) is 41.3 Å². The van der Waals surface area contributed by atoms with Gasteiger partial charge in [-0.2, -0.15) is 13.2 Å². The van der Waals surface area contributed by atoms with Crippen molar-refractivity contribution >= 4 is 10.9 Å². The molecule has 1 N–H and O–H groups in total. The summed E-state index contributed by atoms with van der Waals surface area (Å²) in [5.74, 6) is 0. The highest BCUT2D eigenvalue weighted by atomic mass is 19.4. The van der Waals surface area contributed by atoms with Crippen LogP contribution >= 0.6 is 0 Å². The van der Waals surface area contributed by atoms with E-state index >= 15 is 0 Å².